The molecule has 0 fully saturated rings. The van der Waals surface area contributed by atoms with Gasteiger partial charge in [0.25, 0.3) is 5.56 Å². The van der Waals surface area contributed by atoms with E-state index in [-0.39, 0.29) is 5.56 Å². The van der Waals surface area contributed by atoms with Crippen molar-refractivity contribution in [2.75, 3.05) is 0 Å². The predicted molar refractivity (Wildman–Crippen MR) is 48.2 cm³/mol. The molecule has 1 heterocycles. The van der Waals surface area contributed by atoms with Crippen LogP contribution in [0.4, 0.5) is 0 Å². The number of aromatic amines is 1. The van der Waals surface area contributed by atoms with Crippen LogP contribution >= 0.6 is 0 Å². The van der Waals surface area contributed by atoms with E-state index >= 15 is 0 Å². The van der Waals surface area contributed by atoms with Gasteiger partial charge in [0.05, 0.1) is 0 Å². The normalized spacial score (nSPS) is 10.2. The van der Waals surface area contributed by atoms with Gasteiger partial charge in [-0.15, -0.1) is 0 Å². The van der Waals surface area contributed by atoms with Crippen LogP contribution in [0, 0.1) is 0 Å². The third-order valence-electron chi connectivity index (χ3n) is 1.69. The smallest absolute Gasteiger partial charge is 0.251 e. The highest BCUT2D eigenvalue weighted by atomic mass is 16.1. The summed E-state index contributed by atoms with van der Waals surface area (Å²) in [6.07, 6.45) is 2.68. The Balaban J connectivity index is 2.98. The first-order valence-electron chi connectivity index (χ1n) is 4.35. The Bertz CT molecular complexity index is 304. The fraction of sp³-hybridized carbons (Fsp3) is 0.556. The molecule has 0 bridgehead atoms. The zero-order valence-electron chi connectivity index (χ0n) is 7.55. The minimum atomic E-state index is -0.0368. The maximum Gasteiger partial charge on any atom is 0.251 e. The molecule has 12 heavy (non-hydrogen) atoms. The molecule has 1 aromatic heterocycles. The van der Waals surface area contributed by atoms with Crippen molar-refractivity contribution in [1.29, 1.82) is 0 Å². The largest absolute Gasteiger partial charge is 0.311 e. The summed E-state index contributed by atoms with van der Waals surface area (Å²) >= 11 is 0. The maximum atomic E-state index is 11.0. The molecule has 0 amide bonds. The molecule has 3 heteroatoms. The molecule has 0 aliphatic carbocycles. The average Bonchev–Trinajstić information content (AvgIpc) is 2.04. The second-order valence-corrected chi connectivity index (χ2v) is 2.79. The van der Waals surface area contributed by atoms with Crippen molar-refractivity contribution in [2.24, 2.45) is 0 Å². The predicted octanol–water partition coefficient (Wildman–Crippen LogP) is 1.28. The summed E-state index contributed by atoms with van der Waals surface area (Å²) in [6, 6.07) is 1.55. The number of aryl methyl sites for hydroxylation is 2. The van der Waals surface area contributed by atoms with Gasteiger partial charge in [-0.3, -0.25) is 4.79 Å². The monoisotopic (exact) mass is 166 g/mol. The van der Waals surface area contributed by atoms with E-state index in [9.17, 15) is 4.79 Å². The average molecular weight is 166 g/mol. The van der Waals surface area contributed by atoms with Gasteiger partial charge in [-0.1, -0.05) is 13.8 Å². The van der Waals surface area contributed by atoms with Gasteiger partial charge >= 0.3 is 0 Å². The van der Waals surface area contributed by atoms with Gasteiger partial charge in [0.2, 0.25) is 0 Å². The summed E-state index contributed by atoms with van der Waals surface area (Å²) in [5.74, 6) is 0.807. The molecule has 0 aliphatic heterocycles. The minimum absolute atomic E-state index is 0.0368. The van der Waals surface area contributed by atoms with E-state index in [0.29, 0.717) is 0 Å². The molecule has 1 N–H and O–H groups in total. The Labute approximate surface area is 71.9 Å². The second-order valence-electron chi connectivity index (χ2n) is 2.79. The zero-order valence-corrected chi connectivity index (χ0v) is 7.55. The lowest BCUT2D eigenvalue weighted by molar-refractivity contribution is 0.804. The summed E-state index contributed by atoms with van der Waals surface area (Å²) in [7, 11) is 0. The van der Waals surface area contributed by atoms with E-state index in [2.05, 4.69) is 16.9 Å². The molecule has 0 atom stereocenters. The van der Waals surface area contributed by atoms with E-state index < -0.39 is 0 Å². The van der Waals surface area contributed by atoms with Crippen molar-refractivity contribution in [3.8, 4) is 0 Å². The summed E-state index contributed by atoms with van der Waals surface area (Å²) in [4.78, 5) is 18.1. The first-order valence-corrected chi connectivity index (χ1v) is 4.35. The third kappa shape index (κ3) is 2.19. The summed E-state index contributed by atoms with van der Waals surface area (Å²) in [6.45, 7) is 4.07. The molecule has 1 aromatic rings. The molecule has 0 radical (unpaired) electrons. The number of H-pyrrole nitrogens is 1. The molecule has 0 saturated heterocycles. The topological polar surface area (TPSA) is 45.8 Å². The number of nitrogens with zero attached hydrogens (tertiary/aromatic N) is 1. The number of hydrogen-bond acceptors (Lipinski definition) is 2. The molecule has 0 aliphatic rings. The third-order valence-corrected chi connectivity index (χ3v) is 1.69. The standard InChI is InChI=1S/C9H14N2O/c1-3-5-8-10-7(4-2)6-9(12)11-8/h6H,3-5H2,1-2H3,(H,10,11,12). The lowest BCUT2D eigenvalue weighted by Crippen LogP contribution is -2.12. The van der Waals surface area contributed by atoms with Crippen LogP contribution in [0.2, 0.25) is 0 Å². The lowest BCUT2D eigenvalue weighted by Gasteiger charge is -1.99. The quantitative estimate of drug-likeness (QED) is 0.735. The van der Waals surface area contributed by atoms with Gasteiger partial charge in [-0.25, -0.2) is 4.98 Å². The molecule has 66 valence electrons. The van der Waals surface area contributed by atoms with E-state index in [1.54, 1.807) is 6.07 Å². The van der Waals surface area contributed by atoms with Gasteiger partial charge in [-0.2, -0.15) is 0 Å². The molecular formula is C9H14N2O. The van der Waals surface area contributed by atoms with Crippen molar-refractivity contribution >= 4 is 0 Å². The summed E-state index contributed by atoms with van der Waals surface area (Å²) in [5.41, 5.74) is 0.840. The lowest BCUT2D eigenvalue weighted by atomic mass is 10.3. The molecule has 3 nitrogen and oxygen atoms in total. The van der Waals surface area contributed by atoms with Crippen molar-refractivity contribution in [3.63, 3.8) is 0 Å². The molecule has 0 saturated carbocycles. The summed E-state index contributed by atoms with van der Waals surface area (Å²) < 4.78 is 0. The highest BCUT2D eigenvalue weighted by molar-refractivity contribution is 5.02. The van der Waals surface area contributed by atoms with Crippen LogP contribution in [-0.4, -0.2) is 9.97 Å². The second kappa shape index (κ2) is 4.04. The first kappa shape index (κ1) is 8.97. The van der Waals surface area contributed by atoms with Gasteiger partial charge in [0, 0.05) is 18.2 Å². The fourth-order valence-electron chi connectivity index (χ4n) is 1.10. The van der Waals surface area contributed by atoms with Crippen molar-refractivity contribution < 1.29 is 0 Å². The Morgan fingerprint density at radius 2 is 2.25 bits per heavy atom. The zero-order chi connectivity index (χ0) is 8.97. The maximum absolute atomic E-state index is 11.0. The van der Waals surface area contributed by atoms with Crippen LogP contribution in [0.15, 0.2) is 10.9 Å². The first-order chi connectivity index (χ1) is 5.76. The van der Waals surface area contributed by atoms with Crippen LogP contribution < -0.4 is 5.56 Å². The van der Waals surface area contributed by atoms with Gasteiger partial charge in [0.15, 0.2) is 0 Å². The Morgan fingerprint density at radius 1 is 1.50 bits per heavy atom. The molecular weight excluding hydrogens is 152 g/mol. The fourth-order valence-corrected chi connectivity index (χ4v) is 1.10. The highest BCUT2D eigenvalue weighted by Crippen LogP contribution is 1.95. The van der Waals surface area contributed by atoms with Crippen LogP contribution in [-0.2, 0) is 12.8 Å². The van der Waals surface area contributed by atoms with E-state index in [4.69, 9.17) is 0 Å². The Kier molecular flexibility index (Phi) is 3.02. The number of aromatic nitrogens is 2. The molecule has 0 aromatic carbocycles. The Hall–Kier alpha value is -1.12. The van der Waals surface area contributed by atoms with Gasteiger partial charge < -0.3 is 4.98 Å². The van der Waals surface area contributed by atoms with Crippen molar-refractivity contribution in [3.05, 3.63) is 27.9 Å². The van der Waals surface area contributed by atoms with Crippen molar-refractivity contribution in [1.82, 2.24) is 9.97 Å². The van der Waals surface area contributed by atoms with E-state index in [0.717, 1.165) is 30.8 Å². The SMILES string of the molecule is CCCc1nc(CC)cc(=O)[nH]1. The minimum Gasteiger partial charge on any atom is -0.311 e. The number of hydrogen-bond donors (Lipinski definition) is 1. The van der Waals surface area contributed by atoms with Gasteiger partial charge in [0.1, 0.15) is 5.82 Å². The Morgan fingerprint density at radius 3 is 2.83 bits per heavy atom. The molecule has 0 spiro atoms. The van der Waals surface area contributed by atoms with Crippen LogP contribution in [0.3, 0.4) is 0 Å². The van der Waals surface area contributed by atoms with Crippen LogP contribution in [0.1, 0.15) is 31.8 Å². The number of rotatable bonds is 3. The van der Waals surface area contributed by atoms with Gasteiger partial charge in [-0.05, 0) is 12.8 Å². The highest BCUT2D eigenvalue weighted by Gasteiger charge is 1.97. The molecule has 1 rings (SSSR count). The summed E-state index contributed by atoms with van der Waals surface area (Å²) in [5, 5.41) is 0. The molecule has 0 unspecified atom stereocenters. The number of nitrogens with one attached hydrogen (secondary N) is 1. The van der Waals surface area contributed by atoms with E-state index in [1.165, 1.54) is 0 Å². The van der Waals surface area contributed by atoms with Crippen LogP contribution in [0.5, 0.6) is 0 Å². The van der Waals surface area contributed by atoms with Crippen molar-refractivity contribution in [2.45, 2.75) is 33.1 Å². The van der Waals surface area contributed by atoms with Crippen LogP contribution in [0.25, 0.3) is 0 Å². The van der Waals surface area contributed by atoms with E-state index in [1.807, 2.05) is 6.92 Å².